The fourth-order valence-corrected chi connectivity index (χ4v) is 3.08. The van der Waals surface area contributed by atoms with Crippen molar-refractivity contribution in [3.8, 4) is 0 Å². The standard InChI is InChI=1S/C14H16N2OS/c1-10-2-4-11(5-3-10)13(17)8-12-9-16-6-7-18-14(16)15-12/h4,6-7,9-10H,2-3,5,8H2,1H3. The molecule has 1 aliphatic rings. The number of aromatic nitrogens is 2. The normalized spacial score (nSPS) is 20.1. The van der Waals surface area contributed by atoms with E-state index in [1.165, 1.54) is 0 Å². The zero-order valence-corrected chi connectivity index (χ0v) is 11.2. The van der Waals surface area contributed by atoms with E-state index in [4.69, 9.17) is 0 Å². The second-order valence-corrected chi connectivity index (χ2v) is 5.91. The number of Topliss-reactive ketones (excluding diaryl/α,β-unsaturated/α-hetero) is 1. The molecular formula is C14H16N2OS. The first-order valence-electron chi connectivity index (χ1n) is 6.35. The van der Waals surface area contributed by atoms with Crippen LogP contribution in [0.2, 0.25) is 0 Å². The molecule has 4 heteroatoms. The average molecular weight is 260 g/mol. The predicted molar refractivity (Wildman–Crippen MR) is 72.9 cm³/mol. The number of imidazole rings is 1. The highest BCUT2D eigenvalue weighted by molar-refractivity contribution is 7.15. The van der Waals surface area contributed by atoms with Crippen LogP contribution in [0.5, 0.6) is 0 Å². The van der Waals surface area contributed by atoms with Crippen molar-refractivity contribution in [3.05, 3.63) is 35.1 Å². The molecule has 18 heavy (non-hydrogen) atoms. The maximum absolute atomic E-state index is 12.2. The zero-order valence-electron chi connectivity index (χ0n) is 10.4. The van der Waals surface area contributed by atoms with Gasteiger partial charge in [-0.3, -0.25) is 9.20 Å². The van der Waals surface area contributed by atoms with Gasteiger partial charge < -0.3 is 0 Å². The van der Waals surface area contributed by atoms with Gasteiger partial charge in [-0.2, -0.15) is 0 Å². The summed E-state index contributed by atoms with van der Waals surface area (Å²) in [6, 6.07) is 0. The van der Waals surface area contributed by atoms with E-state index in [2.05, 4.69) is 18.0 Å². The highest BCUT2D eigenvalue weighted by Crippen LogP contribution is 2.24. The topological polar surface area (TPSA) is 34.4 Å². The van der Waals surface area contributed by atoms with Crippen molar-refractivity contribution in [3.63, 3.8) is 0 Å². The molecule has 2 heterocycles. The highest BCUT2D eigenvalue weighted by atomic mass is 32.1. The summed E-state index contributed by atoms with van der Waals surface area (Å²) < 4.78 is 1.98. The Morgan fingerprint density at radius 2 is 2.50 bits per heavy atom. The summed E-state index contributed by atoms with van der Waals surface area (Å²) in [5, 5.41) is 2.00. The molecule has 94 valence electrons. The maximum Gasteiger partial charge on any atom is 0.193 e. The molecule has 1 aliphatic carbocycles. The summed E-state index contributed by atoms with van der Waals surface area (Å²) in [6.45, 7) is 2.24. The SMILES string of the molecule is CC1CC=C(C(=O)Cc2cn3ccsc3n2)CC1. The van der Waals surface area contributed by atoms with Crippen LogP contribution in [-0.4, -0.2) is 15.2 Å². The van der Waals surface area contributed by atoms with Crippen molar-refractivity contribution in [2.45, 2.75) is 32.6 Å². The maximum atomic E-state index is 12.2. The van der Waals surface area contributed by atoms with E-state index in [-0.39, 0.29) is 5.78 Å². The molecule has 0 aliphatic heterocycles. The number of allylic oxidation sites excluding steroid dienone is 2. The summed E-state index contributed by atoms with van der Waals surface area (Å²) in [4.78, 5) is 17.6. The van der Waals surface area contributed by atoms with Gasteiger partial charge in [-0.1, -0.05) is 13.0 Å². The average Bonchev–Trinajstić information content (AvgIpc) is 2.90. The van der Waals surface area contributed by atoms with E-state index < -0.39 is 0 Å². The van der Waals surface area contributed by atoms with E-state index >= 15 is 0 Å². The minimum atomic E-state index is 0.243. The van der Waals surface area contributed by atoms with Gasteiger partial charge in [0.05, 0.1) is 12.1 Å². The van der Waals surface area contributed by atoms with Crippen molar-refractivity contribution < 1.29 is 4.79 Å². The minimum absolute atomic E-state index is 0.243. The van der Waals surface area contributed by atoms with Gasteiger partial charge in [-0.15, -0.1) is 11.3 Å². The zero-order chi connectivity index (χ0) is 12.5. The number of hydrogen-bond acceptors (Lipinski definition) is 3. The van der Waals surface area contributed by atoms with Crippen LogP contribution < -0.4 is 0 Å². The lowest BCUT2D eigenvalue weighted by Crippen LogP contribution is -2.12. The smallest absolute Gasteiger partial charge is 0.193 e. The van der Waals surface area contributed by atoms with Crippen LogP contribution in [-0.2, 0) is 11.2 Å². The Morgan fingerprint density at radius 3 is 3.22 bits per heavy atom. The van der Waals surface area contributed by atoms with Gasteiger partial charge in [0.15, 0.2) is 10.7 Å². The van der Waals surface area contributed by atoms with Crippen molar-refractivity contribution in [2.24, 2.45) is 5.92 Å². The Labute approximate surface area is 110 Å². The predicted octanol–water partition coefficient (Wildman–Crippen LogP) is 3.25. The van der Waals surface area contributed by atoms with Crippen LogP contribution in [0.3, 0.4) is 0 Å². The number of thiazole rings is 1. The molecule has 0 radical (unpaired) electrons. The fourth-order valence-electron chi connectivity index (χ4n) is 2.36. The van der Waals surface area contributed by atoms with Gasteiger partial charge in [0.25, 0.3) is 0 Å². The Bertz CT molecular complexity index is 580. The molecule has 0 amide bonds. The monoisotopic (exact) mass is 260 g/mol. The molecule has 0 saturated carbocycles. The van der Waals surface area contributed by atoms with Crippen LogP contribution in [0.15, 0.2) is 29.4 Å². The number of ketones is 1. The van der Waals surface area contributed by atoms with Crippen LogP contribution in [0.1, 0.15) is 31.9 Å². The first-order chi connectivity index (χ1) is 8.72. The van der Waals surface area contributed by atoms with Crippen molar-refractivity contribution in [1.82, 2.24) is 9.38 Å². The molecular weight excluding hydrogens is 244 g/mol. The third-order valence-electron chi connectivity index (χ3n) is 3.52. The molecule has 0 aromatic carbocycles. The Morgan fingerprint density at radius 1 is 1.61 bits per heavy atom. The van der Waals surface area contributed by atoms with E-state index in [1.54, 1.807) is 11.3 Å². The number of hydrogen-bond donors (Lipinski definition) is 0. The fraction of sp³-hybridized carbons (Fsp3) is 0.429. The van der Waals surface area contributed by atoms with Crippen molar-refractivity contribution in [1.29, 1.82) is 0 Å². The van der Waals surface area contributed by atoms with E-state index in [9.17, 15) is 4.79 Å². The second kappa shape index (κ2) is 4.69. The lowest BCUT2D eigenvalue weighted by Gasteiger charge is -2.16. The summed E-state index contributed by atoms with van der Waals surface area (Å²) >= 11 is 1.60. The van der Waals surface area contributed by atoms with Crippen LogP contribution >= 0.6 is 11.3 Å². The third kappa shape index (κ3) is 2.25. The van der Waals surface area contributed by atoms with Gasteiger partial charge in [0, 0.05) is 17.8 Å². The molecule has 0 fully saturated rings. The summed E-state index contributed by atoms with van der Waals surface area (Å²) in [5.41, 5.74) is 1.89. The number of carbonyl (C=O) groups excluding carboxylic acids is 1. The first-order valence-corrected chi connectivity index (χ1v) is 7.23. The van der Waals surface area contributed by atoms with E-state index in [0.29, 0.717) is 6.42 Å². The Hall–Kier alpha value is -1.42. The van der Waals surface area contributed by atoms with E-state index in [1.807, 2.05) is 22.2 Å². The molecule has 3 rings (SSSR count). The van der Waals surface area contributed by atoms with Gasteiger partial charge in [0.2, 0.25) is 0 Å². The first kappa shape index (κ1) is 11.7. The number of rotatable bonds is 3. The molecule has 2 aromatic rings. The molecule has 1 atom stereocenters. The van der Waals surface area contributed by atoms with Crippen LogP contribution in [0, 0.1) is 5.92 Å². The van der Waals surface area contributed by atoms with Crippen molar-refractivity contribution in [2.75, 3.05) is 0 Å². The molecule has 2 aromatic heterocycles. The Kier molecular flexibility index (Phi) is 3.04. The molecule has 0 N–H and O–H groups in total. The number of carbonyl (C=O) groups is 1. The highest BCUT2D eigenvalue weighted by Gasteiger charge is 2.17. The summed E-state index contributed by atoms with van der Waals surface area (Å²) in [6.07, 6.45) is 9.60. The molecule has 3 nitrogen and oxygen atoms in total. The van der Waals surface area contributed by atoms with E-state index in [0.717, 1.165) is 41.4 Å². The molecule has 0 saturated heterocycles. The third-order valence-corrected chi connectivity index (χ3v) is 4.29. The largest absolute Gasteiger partial charge is 0.297 e. The van der Waals surface area contributed by atoms with Crippen molar-refractivity contribution >= 4 is 22.1 Å². The quantitative estimate of drug-likeness (QED) is 0.849. The molecule has 0 bridgehead atoms. The van der Waals surface area contributed by atoms with Crippen LogP contribution in [0.25, 0.3) is 4.96 Å². The minimum Gasteiger partial charge on any atom is -0.297 e. The number of nitrogens with zero attached hydrogens (tertiary/aromatic N) is 2. The Balaban J connectivity index is 1.72. The van der Waals surface area contributed by atoms with Gasteiger partial charge in [0.1, 0.15) is 0 Å². The molecule has 1 unspecified atom stereocenters. The van der Waals surface area contributed by atoms with Gasteiger partial charge in [-0.05, 0) is 30.8 Å². The number of fused-ring (bicyclic) bond motifs is 1. The summed E-state index contributed by atoms with van der Waals surface area (Å²) in [7, 11) is 0. The lowest BCUT2D eigenvalue weighted by atomic mass is 9.88. The second-order valence-electron chi connectivity index (χ2n) is 5.03. The van der Waals surface area contributed by atoms with Gasteiger partial charge >= 0.3 is 0 Å². The molecule has 0 spiro atoms. The van der Waals surface area contributed by atoms with Crippen LogP contribution in [0.4, 0.5) is 0 Å². The summed E-state index contributed by atoms with van der Waals surface area (Å²) in [5.74, 6) is 0.965. The van der Waals surface area contributed by atoms with Gasteiger partial charge in [-0.25, -0.2) is 4.98 Å². The lowest BCUT2D eigenvalue weighted by molar-refractivity contribution is -0.115.